The number of benzene rings is 2. The fourth-order valence-corrected chi connectivity index (χ4v) is 1.52. The summed E-state index contributed by atoms with van der Waals surface area (Å²) in [6, 6.07) is 13.6. The molecular formula is C17H17NO3. The van der Waals surface area contributed by atoms with E-state index in [2.05, 4.69) is 11.8 Å². The Balaban J connectivity index is 0.00000106. The van der Waals surface area contributed by atoms with Crippen molar-refractivity contribution in [1.29, 1.82) is 0 Å². The predicted octanol–water partition coefficient (Wildman–Crippen LogP) is 4.03. The minimum Gasteiger partial charge on any atom is -0.497 e. The monoisotopic (exact) mass is 283 g/mol. The summed E-state index contributed by atoms with van der Waals surface area (Å²) in [5.74, 6) is 6.61. The van der Waals surface area contributed by atoms with Gasteiger partial charge in [0.1, 0.15) is 5.75 Å². The second-order valence-corrected chi connectivity index (χ2v) is 3.79. The molecule has 0 atom stereocenters. The molecule has 0 saturated carbocycles. The van der Waals surface area contributed by atoms with Crippen molar-refractivity contribution in [2.75, 3.05) is 7.11 Å². The largest absolute Gasteiger partial charge is 0.497 e. The van der Waals surface area contributed by atoms with Crippen LogP contribution in [0.15, 0.2) is 48.5 Å². The molecule has 0 radical (unpaired) electrons. The van der Waals surface area contributed by atoms with E-state index in [0.717, 1.165) is 11.3 Å². The van der Waals surface area contributed by atoms with Crippen LogP contribution in [0.5, 0.6) is 5.75 Å². The summed E-state index contributed by atoms with van der Waals surface area (Å²) in [5, 5.41) is 10.6. The third-order valence-electron chi connectivity index (χ3n) is 2.50. The molecule has 4 nitrogen and oxygen atoms in total. The van der Waals surface area contributed by atoms with E-state index in [1.807, 2.05) is 38.1 Å². The van der Waals surface area contributed by atoms with Crippen LogP contribution in [-0.2, 0) is 0 Å². The van der Waals surface area contributed by atoms with Gasteiger partial charge >= 0.3 is 0 Å². The Hall–Kier alpha value is -2.80. The van der Waals surface area contributed by atoms with Gasteiger partial charge in [-0.3, -0.25) is 10.1 Å². The standard InChI is InChI=1S/C15H11NO3.C2H6/c1-19-15-9-7-12(8-10-15)5-6-13-3-2-4-14(11-13)16(17)18;1-2/h2-4,7-11H,1H3;1-2H3. The SMILES string of the molecule is CC.COc1ccc(C#Cc2cccc([N+](=O)[O-])c2)cc1. The first-order valence-electron chi connectivity index (χ1n) is 6.59. The van der Waals surface area contributed by atoms with Crippen molar-refractivity contribution >= 4 is 5.69 Å². The van der Waals surface area contributed by atoms with E-state index in [1.165, 1.54) is 12.1 Å². The molecule has 21 heavy (non-hydrogen) atoms. The topological polar surface area (TPSA) is 52.4 Å². The summed E-state index contributed by atoms with van der Waals surface area (Å²) in [4.78, 5) is 10.2. The van der Waals surface area contributed by atoms with Crippen LogP contribution in [0, 0.1) is 22.0 Å². The molecule has 2 aromatic carbocycles. The van der Waals surface area contributed by atoms with Gasteiger partial charge < -0.3 is 4.74 Å². The Morgan fingerprint density at radius 1 is 1.00 bits per heavy atom. The molecule has 0 spiro atoms. The van der Waals surface area contributed by atoms with Gasteiger partial charge in [0.25, 0.3) is 5.69 Å². The zero-order valence-corrected chi connectivity index (χ0v) is 12.3. The van der Waals surface area contributed by atoms with Crippen molar-refractivity contribution in [2.24, 2.45) is 0 Å². The minimum atomic E-state index is -0.432. The van der Waals surface area contributed by atoms with Crippen LogP contribution in [0.1, 0.15) is 25.0 Å². The Bertz CT molecular complexity index is 652. The lowest BCUT2D eigenvalue weighted by Crippen LogP contribution is -1.87. The van der Waals surface area contributed by atoms with Gasteiger partial charge in [0.2, 0.25) is 0 Å². The number of nitro groups is 1. The summed E-state index contributed by atoms with van der Waals surface area (Å²) in [5.41, 5.74) is 1.49. The Kier molecular flexibility index (Phi) is 6.49. The van der Waals surface area contributed by atoms with E-state index in [9.17, 15) is 10.1 Å². The Morgan fingerprint density at radius 2 is 1.62 bits per heavy atom. The third kappa shape index (κ3) is 5.00. The summed E-state index contributed by atoms with van der Waals surface area (Å²) in [7, 11) is 1.60. The lowest BCUT2D eigenvalue weighted by molar-refractivity contribution is -0.384. The maximum Gasteiger partial charge on any atom is 0.270 e. The number of hydrogen-bond donors (Lipinski definition) is 0. The van der Waals surface area contributed by atoms with E-state index >= 15 is 0 Å². The maximum atomic E-state index is 10.6. The van der Waals surface area contributed by atoms with Crippen LogP contribution in [0.2, 0.25) is 0 Å². The van der Waals surface area contributed by atoms with Gasteiger partial charge in [0.05, 0.1) is 12.0 Å². The summed E-state index contributed by atoms with van der Waals surface area (Å²) < 4.78 is 5.05. The van der Waals surface area contributed by atoms with Crippen LogP contribution in [-0.4, -0.2) is 12.0 Å². The first kappa shape index (κ1) is 16.3. The highest BCUT2D eigenvalue weighted by molar-refractivity contribution is 5.47. The summed E-state index contributed by atoms with van der Waals surface area (Å²) >= 11 is 0. The second kappa shape index (κ2) is 8.39. The summed E-state index contributed by atoms with van der Waals surface area (Å²) in [6.45, 7) is 4.00. The maximum absolute atomic E-state index is 10.6. The molecule has 0 fully saturated rings. The molecule has 0 bridgehead atoms. The molecule has 2 rings (SSSR count). The molecule has 0 unspecified atom stereocenters. The van der Waals surface area contributed by atoms with E-state index in [1.54, 1.807) is 19.2 Å². The molecule has 4 heteroatoms. The van der Waals surface area contributed by atoms with Gasteiger partial charge in [-0.15, -0.1) is 0 Å². The number of non-ortho nitro benzene ring substituents is 1. The number of nitrogens with zero attached hydrogens (tertiary/aromatic N) is 1. The van der Waals surface area contributed by atoms with Gasteiger partial charge in [0.15, 0.2) is 0 Å². The fraction of sp³-hybridized carbons (Fsp3) is 0.176. The van der Waals surface area contributed by atoms with Crippen molar-refractivity contribution < 1.29 is 9.66 Å². The molecule has 0 heterocycles. The average Bonchev–Trinajstić information content (AvgIpc) is 2.55. The van der Waals surface area contributed by atoms with Gasteiger partial charge in [-0.2, -0.15) is 0 Å². The van der Waals surface area contributed by atoms with E-state index in [0.29, 0.717) is 5.56 Å². The minimum absolute atomic E-state index is 0.0431. The van der Waals surface area contributed by atoms with Crippen molar-refractivity contribution in [3.63, 3.8) is 0 Å². The second-order valence-electron chi connectivity index (χ2n) is 3.79. The van der Waals surface area contributed by atoms with Crippen molar-refractivity contribution in [3.05, 3.63) is 69.8 Å². The Morgan fingerprint density at radius 3 is 2.19 bits per heavy atom. The number of nitro benzene ring substituents is 1. The number of methoxy groups -OCH3 is 1. The zero-order chi connectivity index (χ0) is 15.7. The van der Waals surface area contributed by atoms with E-state index in [4.69, 9.17) is 4.74 Å². The molecule has 0 saturated heterocycles. The zero-order valence-electron chi connectivity index (χ0n) is 12.3. The quantitative estimate of drug-likeness (QED) is 0.475. The molecule has 2 aromatic rings. The van der Waals surface area contributed by atoms with E-state index in [-0.39, 0.29) is 5.69 Å². The van der Waals surface area contributed by atoms with Gasteiger partial charge in [0, 0.05) is 23.3 Å². The van der Waals surface area contributed by atoms with Crippen LogP contribution in [0.4, 0.5) is 5.69 Å². The Labute approximate surface area is 124 Å². The van der Waals surface area contributed by atoms with Crippen molar-refractivity contribution in [3.8, 4) is 17.6 Å². The third-order valence-corrected chi connectivity index (χ3v) is 2.50. The predicted molar refractivity (Wildman–Crippen MR) is 83.4 cm³/mol. The normalized spacial score (nSPS) is 8.71. The molecule has 0 aromatic heterocycles. The molecule has 108 valence electrons. The van der Waals surface area contributed by atoms with Crippen molar-refractivity contribution in [2.45, 2.75) is 13.8 Å². The highest BCUT2D eigenvalue weighted by Gasteiger charge is 2.03. The molecule has 0 aliphatic heterocycles. The van der Waals surface area contributed by atoms with Gasteiger partial charge in [-0.1, -0.05) is 31.8 Å². The first-order valence-corrected chi connectivity index (χ1v) is 6.59. The smallest absolute Gasteiger partial charge is 0.270 e. The summed E-state index contributed by atoms with van der Waals surface area (Å²) in [6.07, 6.45) is 0. The highest BCUT2D eigenvalue weighted by atomic mass is 16.6. The number of hydrogen-bond acceptors (Lipinski definition) is 3. The molecule has 0 aliphatic carbocycles. The molecule has 0 amide bonds. The van der Waals surface area contributed by atoms with Gasteiger partial charge in [-0.05, 0) is 30.3 Å². The fourth-order valence-electron chi connectivity index (χ4n) is 1.52. The van der Waals surface area contributed by atoms with Crippen molar-refractivity contribution in [1.82, 2.24) is 0 Å². The number of ether oxygens (including phenoxy) is 1. The van der Waals surface area contributed by atoms with Crippen LogP contribution < -0.4 is 4.74 Å². The lowest BCUT2D eigenvalue weighted by Gasteiger charge is -1.97. The molecule has 0 aliphatic rings. The van der Waals surface area contributed by atoms with Crippen LogP contribution >= 0.6 is 0 Å². The highest BCUT2D eigenvalue weighted by Crippen LogP contribution is 2.13. The lowest BCUT2D eigenvalue weighted by atomic mass is 10.1. The molecule has 0 N–H and O–H groups in total. The van der Waals surface area contributed by atoms with Gasteiger partial charge in [-0.25, -0.2) is 0 Å². The number of rotatable bonds is 2. The van der Waals surface area contributed by atoms with Crippen LogP contribution in [0.3, 0.4) is 0 Å². The molecular weight excluding hydrogens is 266 g/mol. The first-order chi connectivity index (χ1) is 10.2. The van der Waals surface area contributed by atoms with E-state index < -0.39 is 4.92 Å². The average molecular weight is 283 g/mol. The van der Waals surface area contributed by atoms with Crippen LogP contribution in [0.25, 0.3) is 0 Å².